The monoisotopic (exact) mass is 398 g/mol. The number of carbonyl (C=O) groups excluding carboxylic acids is 1. The predicted molar refractivity (Wildman–Crippen MR) is 105 cm³/mol. The largest absolute Gasteiger partial charge is 0.462 e. The lowest BCUT2D eigenvalue weighted by Crippen LogP contribution is -2.66. The Morgan fingerprint density at radius 3 is 2.36 bits per heavy atom. The summed E-state index contributed by atoms with van der Waals surface area (Å²) in [7, 11) is 0. The Kier molecular flexibility index (Phi) is 5.92. The normalized spacial score (nSPS) is 48.5. The molecule has 28 heavy (non-hydrogen) atoms. The molecule has 162 valence electrons. The third-order valence-corrected chi connectivity index (χ3v) is 8.73. The van der Waals surface area contributed by atoms with Gasteiger partial charge in [-0.2, -0.15) is 0 Å². The smallest absolute Gasteiger partial charge is 0.302 e. The number of hydrogen-bond acceptors (Lipinski definition) is 6. The summed E-state index contributed by atoms with van der Waals surface area (Å²) in [5, 5.41) is 30.0. The topological polar surface area (TPSA) is 96.2 Å². The molecule has 1 spiro atoms. The molecule has 6 heteroatoms. The summed E-state index contributed by atoms with van der Waals surface area (Å²) in [5.41, 5.74) is -1.79. The Labute approximate surface area is 168 Å². The van der Waals surface area contributed by atoms with Crippen LogP contribution in [-0.2, 0) is 14.3 Å². The fourth-order valence-corrected chi connectivity index (χ4v) is 7.08. The van der Waals surface area contributed by atoms with Gasteiger partial charge in [-0.05, 0) is 50.4 Å². The van der Waals surface area contributed by atoms with Gasteiger partial charge in [-0.15, -0.1) is 0 Å². The number of rotatable bonds is 5. The zero-order valence-corrected chi connectivity index (χ0v) is 17.9. The van der Waals surface area contributed by atoms with Gasteiger partial charge in [0.1, 0.15) is 6.10 Å². The van der Waals surface area contributed by atoms with Crippen LogP contribution < -0.4 is 0 Å². The molecular formula is C22H38O6. The Morgan fingerprint density at radius 2 is 1.79 bits per heavy atom. The summed E-state index contributed by atoms with van der Waals surface area (Å²) < 4.78 is 12.5. The van der Waals surface area contributed by atoms with Gasteiger partial charge in [-0.25, -0.2) is 0 Å². The maximum atomic E-state index is 11.7. The first kappa shape index (κ1) is 22.0. The van der Waals surface area contributed by atoms with Crippen LogP contribution in [0.25, 0.3) is 0 Å². The SMILES string of the molecule is CC(=O)OC1CCC2(C)C(CCC(C)C23CCC(CO)(CCO)O3)C1(C)CO. The van der Waals surface area contributed by atoms with Crippen LogP contribution >= 0.6 is 0 Å². The molecule has 1 heterocycles. The van der Waals surface area contributed by atoms with Gasteiger partial charge in [0.05, 0.1) is 24.4 Å². The number of aliphatic hydroxyl groups is 3. The van der Waals surface area contributed by atoms with Crippen LogP contribution in [0.1, 0.15) is 72.6 Å². The summed E-state index contributed by atoms with van der Waals surface area (Å²) >= 11 is 0. The lowest BCUT2D eigenvalue weighted by Gasteiger charge is -2.65. The number of carbonyl (C=O) groups is 1. The third kappa shape index (κ3) is 3.03. The molecule has 2 saturated carbocycles. The predicted octanol–water partition coefficient (Wildman–Crippen LogP) is 2.43. The van der Waals surface area contributed by atoms with Crippen LogP contribution in [0.15, 0.2) is 0 Å². The number of fused-ring (bicyclic) bond motifs is 2. The van der Waals surface area contributed by atoms with E-state index in [0.717, 1.165) is 32.1 Å². The first-order chi connectivity index (χ1) is 13.1. The van der Waals surface area contributed by atoms with Gasteiger partial charge >= 0.3 is 5.97 Å². The van der Waals surface area contributed by atoms with E-state index in [1.165, 1.54) is 6.92 Å². The maximum absolute atomic E-state index is 11.7. The molecule has 7 atom stereocenters. The van der Waals surface area contributed by atoms with E-state index < -0.39 is 16.6 Å². The number of esters is 1. The van der Waals surface area contributed by atoms with Gasteiger partial charge in [0, 0.05) is 30.8 Å². The first-order valence-corrected chi connectivity index (χ1v) is 10.8. The van der Waals surface area contributed by atoms with E-state index in [1.807, 2.05) is 6.92 Å². The molecule has 3 N–H and O–H groups in total. The van der Waals surface area contributed by atoms with E-state index in [2.05, 4.69) is 13.8 Å². The van der Waals surface area contributed by atoms with E-state index in [-0.39, 0.29) is 43.2 Å². The quantitative estimate of drug-likeness (QED) is 0.616. The van der Waals surface area contributed by atoms with Gasteiger partial charge in [-0.1, -0.05) is 20.8 Å². The average Bonchev–Trinajstić information content (AvgIpc) is 3.04. The summed E-state index contributed by atoms with van der Waals surface area (Å²) in [4.78, 5) is 11.7. The van der Waals surface area contributed by atoms with Gasteiger partial charge in [-0.3, -0.25) is 4.79 Å². The molecule has 6 nitrogen and oxygen atoms in total. The molecular weight excluding hydrogens is 360 g/mol. The lowest BCUT2D eigenvalue weighted by atomic mass is 9.43. The second-order valence-corrected chi connectivity index (χ2v) is 10.1. The minimum absolute atomic E-state index is 0.00591. The summed E-state index contributed by atoms with van der Waals surface area (Å²) in [6, 6.07) is 0. The van der Waals surface area contributed by atoms with Crippen molar-refractivity contribution in [3.63, 3.8) is 0 Å². The fraction of sp³-hybridized carbons (Fsp3) is 0.955. The van der Waals surface area contributed by atoms with Crippen LogP contribution in [-0.4, -0.2) is 58.4 Å². The molecule has 0 aromatic heterocycles. The van der Waals surface area contributed by atoms with Crippen LogP contribution in [0.4, 0.5) is 0 Å². The average molecular weight is 399 g/mol. The first-order valence-electron chi connectivity index (χ1n) is 10.8. The Morgan fingerprint density at radius 1 is 1.07 bits per heavy atom. The molecule has 0 aromatic rings. The van der Waals surface area contributed by atoms with Gasteiger partial charge in [0.15, 0.2) is 0 Å². The maximum Gasteiger partial charge on any atom is 0.302 e. The van der Waals surface area contributed by atoms with E-state index in [9.17, 15) is 20.1 Å². The molecule has 0 amide bonds. The van der Waals surface area contributed by atoms with Gasteiger partial charge in [0.25, 0.3) is 0 Å². The van der Waals surface area contributed by atoms with E-state index >= 15 is 0 Å². The molecule has 0 radical (unpaired) electrons. The highest BCUT2D eigenvalue weighted by Gasteiger charge is 2.69. The summed E-state index contributed by atoms with van der Waals surface area (Å²) in [6.07, 6.45) is 5.23. The van der Waals surface area contributed by atoms with Crippen LogP contribution in [0.2, 0.25) is 0 Å². The van der Waals surface area contributed by atoms with Crippen molar-refractivity contribution in [2.75, 3.05) is 19.8 Å². The van der Waals surface area contributed by atoms with Crippen molar-refractivity contribution in [2.45, 2.75) is 89.9 Å². The van der Waals surface area contributed by atoms with Gasteiger partial charge in [0.2, 0.25) is 0 Å². The van der Waals surface area contributed by atoms with E-state index in [0.29, 0.717) is 18.8 Å². The van der Waals surface area contributed by atoms with Crippen molar-refractivity contribution in [3.05, 3.63) is 0 Å². The minimum Gasteiger partial charge on any atom is -0.462 e. The van der Waals surface area contributed by atoms with E-state index in [4.69, 9.17) is 9.47 Å². The summed E-state index contributed by atoms with van der Waals surface area (Å²) in [5.74, 6) is 0.184. The van der Waals surface area contributed by atoms with Crippen LogP contribution in [0, 0.1) is 22.7 Å². The second-order valence-electron chi connectivity index (χ2n) is 10.1. The van der Waals surface area contributed by atoms with Crippen molar-refractivity contribution in [1.29, 1.82) is 0 Å². The lowest BCUT2D eigenvalue weighted by molar-refractivity contribution is -0.273. The van der Waals surface area contributed by atoms with Crippen LogP contribution in [0.5, 0.6) is 0 Å². The molecule has 3 aliphatic rings. The highest BCUT2D eigenvalue weighted by Crippen LogP contribution is 2.68. The fourth-order valence-electron chi connectivity index (χ4n) is 7.08. The molecule has 3 fully saturated rings. The van der Waals surface area contributed by atoms with Crippen molar-refractivity contribution >= 4 is 5.97 Å². The molecule has 1 saturated heterocycles. The number of hydrogen-bond donors (Lipinski definition) is 3. The molecule has 1 aliphatic heterocycles. The minimum atomic E-state index is -0.684. The summed E-state index contributed by atoms with van der Waals surface area (Å²) in [6.45, 7) is 7.87. The Balaban J connectivity index is 2.00. The number of ether oxygens (including phenoxy) is 2. The molecule has 0 aromatic carbocycles. The second kappa shape index (κ2) is 7.53. The highest BCUT2D eigenvalue weighted by molar-refractivity contribution is 5.66. The van der Waals surface area contributed by atoms with Crippen molar-refractivity contribution in [3.8, 4) is 0 Å². The van der Waals surface area contributed by atoms with Gasteiger partial charge < -0.3 is 24.8 Å². The standard InChI is InChI=1S/C22H38O6/c1-15-5-6-17-19(3,13-24)18(27-16(2)26)7-8-20(17,4)22(15)10-9-21(14-25,28-22)11-12-23/h15,17-18,23-25H,5-14H2,1-4H3. The van der Waals surface area contributed by atoms with E-state index in [1.54, 1.807) is 0 Å². The zero-order valence-electron chi connectivity index (χ0n) is 17.9. The van der Waals surface area contributed by atoms with Crippen LogP contribution in [0.3, 0.4) is 0 Å². The molecule has 7 unspecified atom stereocenters. The Hall–Kier alpha value is -0.690. The van der Waals surface area contributed by atoms with Crippen molar-refractivity contribution < 1.29 is 29.6 Å². The number of aliphatic hydroxyl groups excluding tert-OH is 3. The molecule has 0 bridgehead atoms. The van der Waals surface area contributed by atoms with Crippen molar-refractivity contribution in [1.82, 2.24) is 0 Å². The zero-order chi connectivity index (χ0) is 20.8. The Bertz CT molecular complexity index is 596. The third-order valence-electron chi connectivity index (χ3n) is 8.73. The highest BCUT2D eigenvalue weighted by atomic mass is 16.5. The van der Waals surface area contributed by atoms with Crippen molar-refractivity contribution in [2.24, 2.45) is 22.7 Å². The molecule has 2 aliphatic carbocycles. The molecule has 3 rings (SSSR count).